The Hall–Kier alpha value is -2.34. The maximum atomic E-state index is 4.80. The van der Waals surface area contributed by atoms with E-state index in [1.54, 1.807) is 17.5 Å². The lowest BCUT2D eigenvalue weighted by Gasteiger charge is -2.14. The van der Waals surface area contributed by atoms with Gasteiger partial charge in [-0.15, -0.1) is 11.3 Å². The van der Waals surface area contributed by atoms with Crippen LogP contribution in [-0.2, 0) is 24.8 Å². The Morgan fingerprint density at radius 2 is 2.04 bits per heavy atom. The maximum absolute atomic E-state index is 4.80. The van der Waals surface area contributed by atoms with E-state index in [0.717, 1.165) is 52.9 Å². The highest BCUT2D eigenvalue weighted by atomic mass is 32.1. The molecule has 3 aromatic heterocycles. The highest BCUT2D eigenvalue weighted by molar-refractivity contribution is 7.09. The van der Waals surface area contributed by atoms with E-state index in [1.165, 1.54) is 5.56 Å². The van der Waals surface area contributed by atoms with Gasteiger partial charge in [0.2, 0.25) is 0 Å². The van der Waals surface area contributed by atoms with E-state index in [4.69, 9.17) is 15.0 Å². The largest absolute Gasteiger partial charge is 0.363 e. The van der Waals surface area contributed by atoms with E-state index in [1.807, 2.05) is 18.3 Å². The summed E-state index contributed by atoms with van der Waals surface area (Å²) < 4.78 is 0. The van der Waals surface area contributed by atoms with Crippen molar-refractivity contribution in [2.24, 2.45) is 0 Å². The predicted molar refractivity (Wildman–Crippen MR) is 105 cm³/mol. The van der Waals surface area contributed by atoms with Crippen molar-refractivity contribution in [3.8, 4) is 11.4 Å². The molecule has 0 aromatic carbocycles. The summed E-state index contributed by atoms with van der Waals surface area (Å²) in [6.07, 6.45) is 6.78. The van der Waals surface area contributed by atoms with E-state index < -0.39 is 0 Å². The lowest BCUT2D eigenvalue weighted by molar-refractivity contribution is 0.571. The zero-order chi connectivity index (χ0) is 18.1. The molecule has 1 aliphatic carbocycles. The molecule has 0 atom stereocenters. The third-order valence-electron chi connectivity index (χ3n) is 4.58. The number of fused-ring (bicyclic) bond motifs is 1. The average Bonchev–Trinajstić information content (AvgIpc) is 3.29. The SMILES string of the molecule is CC(C)(C)c1csc(CNc2nc(-c3cccnc3)nc3c2CCC3)n1. The molecule has 1 N–H and O–H groups in total. The van der Waals surface area contributed by atoms with Crippen LogP contribution in [0, 0.1) is 0 Å². The first-order chi connectivity index (χ1) is 12.5. The molecule has 0 aliphatic heterocycles. The minimum absolute atomic E-state index is 0.0817. The van der Waals surface area contributed by atoms with Crippen molar-refractivity contribution in [1.82, 2.24) is 19.9 Å². The molecule has 0 saturated heterocycles. The fourth-order valence-electron chi connectivity index (χ4n) is 3.10. The van der Waals surface area contributed by atoms with E-state index >= 15 is 0 Å². The highest BCUT2D eigenvalue weighted by Crippen LogP contribution is 2.30. The molecule has 0 radical (unpaired) electrons. The van der Waals surface area contributed by atoms with Crippen LogP contribution in [0.5, 0.6) is 0 Å². The second-order valence-electron chi connectivity index (χ2n) is 7.65. The van der Waals surface area contributed by atoms with Gasteiger partial charge in [0, 0.05) is 40.0 Å². The number of thiazole rings is 1. The number of aryl methyl sites for hydroxylation is 1. The van der Waals surface area contributed by atoms with Gasteiger partial charge in [0.15, 0.2) is 5.82 Å². The van der Waals surface area contributed by atoms with E-state index in [2.05, 4.69) is 36.5 Å². The van der Waals surface area contributed by atoms with Gasteiger partial charge in [-0.1, -0.05) is 20.8 Å². The number of nitrogens with zero attached hydrogens (tertiary/aromatic N) is 4. The molecular weight excluding hydrogens is 342 g/mol. The van der Waals surface area contributed by atoms with Crippen molar-refractivity contribution < 1.29 is 0 Å². The van der Waals surface area contributed by atoms with Gasteiger partial charge in [0.25, 0.3) is 0 Å². The smallest absolute Gasteiger partial charge is 0.163 e. The minimum Gasteiger partial charge on any atom is -0.363 e. The molecule has 0 fully saturated rings. The Labute approximate surface area is 158 Å². The predicted octanol–water partition coefficient (Wildman–Crippen LogP) is 4.39. The minimum atomic E-state index is 0.0817. The Bertz CT molecular complexity index is 912. The third kappa shape index (κ3) is 3.46. The van der Waals surface area contributed by atoms with Crippen molar-refractivity contribution in [2.45, 2.75) is 52.0 Å². The second kappa shape index (κ2) is 6.76. The molecule has 3 heterocycles. The van der Waals surface area contributed by atoms with Crippen molar-refractivity contribution in [1.29, 1.82) is 0 Å². The second-order valence-corrected chi connectivity index (χ2v) is 8.59. The van der Waals surface area contributed by atoms with Gasteiger partial charge in [-0.2, -0.15) is 0 Å². The zero-order valence-electron chi connectivity index (χ0n) is 15.4. The first-order valence-corrected chi connectivity index (χ1v) is 9.87. The fraction of sp³-hybridized carbons (Fsp3) is 0.400. The summed E-state index contributed by atoms with van der Waals surface area (Å²) in [6.45, 7) is 7.26. The van der Waals surface area contributed by atoms with Gasteiger partial charge < -0.3 is 5.32 Å². The molecule has 5 nitrogen and oxygen atoms in total. The Balaban J connectivity index is 1.60. The van der Waals surface area contributed by atoms with Crippen LogP contribution in [0.25, 0.3) is 11.4 Å². The summed E-state index contributed by atoms with van der Waals surface area (Å²) in [5.74, 6) is 1.69. The fourth-order valence-corrected chi connectivity index (χ4v) is 4.06. The van der Waals surface area contributed by atoms with Gasteiger partial charge in [-0.3, -0.25) is 4.98 Å². The molecule has 0 bridgehead atoms. The molecule has 6 heteroatoms. The molecule has 0 amide bonds. The van der Waals surface area contributed by atoms with Crippen LogP contribution in [0.3, 0.4) is 0 Å². The summed E-state index contributed by atoms with van der Waals surface area (Å²) >= 11 is 1.70. The summed E-state index contributed by atoms with van der Waals surface area (Å²) in [5, 5.41) is 6.75. The van der Waals surface area contributed by atoms with Crippen LogP contribution >= 0.6 is 11.3 Å². The van der Waals surface area contributed by atoms with E-state index in [-0.39, 0.29) is 5.41 Å². The molecular formula is C20H23N5S. The highest BCUT2D eigenvalue weighted by Gasteiger charge is 2.21. The van der Waals surface area contributed by atoms with Crippen LogP contribution in [0.4, 0.5) is 5.82 Å². The number of hydrogen-bond acceptors (Lipinski definition) is 6. The lowest BCUT2D eigenvalue weighted by atomic mass is 9.93. The number of nitrogens with one attached hydrogen (secondary N) is 1. The monoisotopic (exact) mass is 365 g/mol. The molecule has 134 valence electrons. The number of pyridine rings is 1. The molecule has 1 aliphatic rings. The van der Waals surface area contributed by atoms with Crippen molar-refractivity contribution in [2.75, 3.05) is 5.32 Å². The van der Waals surface area contributed by atoms with Gasteiger partial charge >= 0.3 is 0 Å². The van der Waals surface area contributed by atoms with Crippen molar-refractivity contribution in [3.63, 3.8) is 0 Å². The van der Waals surface area contributed by atoms with Crippen LogP contribution in [0.1, 0.15) is 49.2 Å². The summed E-state index contributed by atoms with van der Waals surface area (Å²) in [7, 11) is 0. The zero-order valence-corrected chi connectivity index (χ0v) is 16.2. The van der Waals surface area contributed by atoms with Gasteiger partial charge in [0.1, 0.15) is 10.8 Å². The van der Waals surface area contributed by atoms with Crippen LogP contribution in [0.2, 0.25) is 0 Å². The van der Waals surface area contributed by atoms with E-state index in [9.17, 15) is 0 Å². The Morgan fingerprint density at radius 1 is 1.15 bits per heavy atom. The quantitative estimate of drug-likeness (QED) is 0.743. The molecule has 0 saturated carbocycles. The van der Waals surface area contributed by atoms with Crippen LogP contribution in [-0.4, -0.2) is 19.9 Å². The first-order valence-electron chi connectivity index (χ1n) is 8.99. The summed E-state index contributed by atoms with van der Waals surface area (Å²) in [5.41, 5.74) is 4.59. The lowest BCUT2D eigenvalue weighted by Crippen LogP contribution is -2.12. The summed E-state index contributed by atoms with van der Waals surface area (Å²) in [6, 6.07) is 3.92. The van der Waals surface area contributed by atoms with Crippen molar-refractivity contribution in [3.05, 3.63) is 51.9 Å². The average molecular weight is 366 g/mol. The van der Waals surface area contributed by atoms with E-state index in [0.29, 0.717) is 6.54 Å². The number of anilines is 1. The van der Waals surface area contributed by atoms with Crippen LogP contribution in [0.15, 0.2) is 29.9 Å². The number of hydrogen-bond donors (Lipinski definition) is 1. The molecule has 0 spiro atoms. The number of rotatable bonds is 4. The molecule has 26 heavy (non-hydrogen) atoms. The first kappa shape index (κ1) is 17.1. The topological polar surface area (TPSA) is 63.6 Å². The molecule has 3 aromatic rings. The van der Waals surface area contributed by atoms with Crippen molar-refractivity contribution >= 4 is 17.2 Å². The Kier molecular flexibility index (Phi) is 4.44. The van der Waals surface area contributed by atoms with Gasteiger partial charge in [-0.05, 0) is 31.4 Å². The van der Waals surface area contributed by atoms with Gasteiger partial charge in [-0.25, -0.2) is 15.0 Å². The van der Waals surface area contributed by atoms with Crippen LogP contribution < -0.4 is 5.32 Å². The third-order valence-corrected chi connectivity index (χ3v) is 5.43. The maximum Gasteiger partial charge on any atom is 0.163 e. The Morgan fingerprint density at radius 3 is 2.77 bits per heavy atom. The standard InChI is InChI=1S/C20H23N5S/c1-20(2,3)16-12-26-17(24-16)11-22-19-14-7-4-8-15(14)23-18(25-19)13-6-5-9-21-10-13/h5-6,9-10,12H,4,7-8,11H2,1-3H3,(H,22,23,25). The normalized spacial score (nSPS) is 13.7. The molecule has 4 rings (SSSR count). The number of aromatic nitrogens is 4. The molecule has 0 unspecified atom stereocenters. The van der Waals surface area contributed by atoms with Gasteiger partial charge in [0.05, 0.1) is 12.2 Å². The summed E-state index contributed by atoms with van der Waals surface area (Å²) in [4.78, 5) is 18.5.